The molecule has 1 aliphatic rings. The highest BCUT2D eigenvalue weighted by Crippen LogP contribution is 2.35. The normalized spacial score (nSPS) is 13.7. The average molecular weight is 407 g/mol. The van der Waals surface area contributed by atoms with E-state index in [4.69, 9.17) is 25.8 Å². The summed E-state index contributed by atoms with van der Waals surface area (Å²) >= 11 is 5.98. The number of hydrogen-bond acceptors (Lipinski definition) is 5. The highest BCUT2D eigenvalue weighted by Gasteiger charge is 2.28. The second kappa shape index (κ2) is 7.81. The van der Waals surface area contributed by atoms with Gasteiger partial charge >= 0.3 is 5.97 Å². The molecular formula is C23H15ClO5. The summed E-state index contributed by atoms with van der Waals surface area (Å²) in [6.45, 7) is 0. The molecule has 0 aliphatic carbocycles. The van der Waals surface area contributed by atoms with E-state index in [1.54, 1.807) is 67.8 Å². The zero-order valence-electron chi connectivity index (χ0n) is 15.3. The van der Waals surface area contributed by atoms with Gasteiger partial charge in [0.25, 0.3) is 0 Å². The summed E-state index contributed by atoms with van der Waals surface area (Å²) in [5.41, 5.74) is 1.53. The Kier molecular flexibility index (Phi) is 5.06. The lowest BCUT2D eigenvalue weighted by Crippen LogP contribution is -2.08. The van der Waals surface area contributed by atoms with Gasteiger partial charge in [0.15, 0.2) is 5.76 Å². The van der Waals surface area contributed by atoms with Crippen molar-refractivity contribution >= 4 is 29.4 Å². The van der Waals surface area contributed by atoms with Crippen LogP contribution in [0.1, 0.15) is 26.3 Å². The molecule has 0 aromatic heterocycles. The number of fused-ring (bicyclic) bond motifs is 1. The summed E-state index contributed by atoms with van der Waals surface area (Å²) in [4.78, 5) is 24.9. The Morgan fingerprint density at radius 2 is 1.76 bits per heavy atom. The van der Waals surface area contributed by atoms with Gasteiger partial charge in [-0.15, -0.1) is 0 Å². The lowest BCUT2D eigenvalue weighted by molar-refractivity contribution is 0.0734. The Bertz CT molecular complexity index is 1130. The van der Waals surface area contributed by atoms with Crippen molar-refractivity contribution in [1.29, 1.82) is 0 Å². The van der Waals surface area contributed by atoms with Crippen molar-refractivity contribution in [2.24, 2.45) is 0 Å². The molecule has 6 heteroatoms. The van der Waals surface area contributed by atoms with Crippen molar-refractivity contribution in [1.82, 2.24) is 0 Å². The number of rotatable bonds is 4. The van der Waals surface area contributed by atoms with Crippen LogP contribution in [0.15, 0.2) is 72.5 Å². The fraction of sp³-hybridized carbons (Fsp3) is 0.0435. The number of methoxy groups -OCH3 is 1. The fourth-order valence-electron chi connectivity index (χ4n) is 2.87. The van der Waals surface area contributed by atoms with Gasteiger partial charge in [0.1, 0.15) is 17.2 Å². The van der Waals surface area contributed by atoms with Gasteiger partial charge in [-0.05, 0) is 60.2 Å². The predicted molar refractivity (Wildman–Crippen MR) is 109 cm³/mol. The molecule has 1 heterocycles. The zero-order valence-corrected chi connectivity index (χ0v) is 16.1. The lowest BCUT2D eigenvalue weighted by Gasteiger charge is -2.06. The molecule has 1 aliphatic heterocycles. The maximum absolute atomic E-state index is 12.6. The molecular weight excluding hydrogens is 392 g/mol. The molecule has 29 heavy (non-hydrogen) atoms. The summed E-state index contributed by atoms with van der Waals surface area (Å²) in [7, 11) is 1.55. The molecule has 0 bridgehead atoms. The van der Waals surface area contributed by atoms with Crippen molar-refractivity contribution in [3.05, 3.63) is 94.2 Å². The third kappa shape index (κ3) is 4.00. The molecule has 0 amide bonds. The van der Waals surface area contributed by atoms with E-state index in [0.29, 0.717) is 27.6 Å². The van der Waals surface area contributed by atoms with Gasteiger partial charge in [0, 0.05) is 11.1 Å². The second-order valence-electron chi connectivity index (χ2n) is 6.27. The first-order chi connectivity index (χ1) is 14.0. The number of hydrogen-bond donors (Lipinski definition) is 0. The molecule has 0 fully saturated rings. The number of halogens is 1. The first-order valence-corrected chi connectivity index (χ1v) is 9.11. The minimum atomic E-state index is -0.522. The minimum absolute atomic E-state index is 0.181. The van der Waals surface area contributed by atoms with Crippen LogP contribution in [0.5, 0.6) is 17.2 Å². The van der Waals surface area contributed by atoms with E-state index in [0.717, 1.165) is 5.56 Å². The summed E-state index contributed by atoms with van der Waals surface area (Å²) in [6.07, 6.45) is 1.62. The SMILES string of the molecule is COc1ccc(C(=O)Oc2ccc3c(c2)OC(=Cc2cccc(Cl)c2)C3=O)cc1. The van der Waals surface area contributed by atoms with Crippen molar-refractivity contribution < 1.29 is 23.8 Å². The van der Waals surface area contributed by atoms with Gasteiger partial charge in [-0.1, -0.05) is 23.7 Å². The summed E-state index contributed by atoms with van der Waals surface area (Å²) in [6, 6.07) is 18.3. The van der Waals surface area contributed by atoms with Crippen molar-refractivity contribution in [3.63, 3.8) is 0 Å². The van der Waals surface area contributed by atoms with Crippen LogP contribution in [-0.2, 0) is 0 Å². The Morgan fingerprint density at radius 3 is 2.48 bits per heavy atom. The van der Waals surface area contributed by atoms with E-state index in [1.165, 1.54) is 6.07 Å². The van der Waals surface area contributed by atoms with Crippen LogP contribution in [0, 0.1) is 0 Å². The number of Topliss-reactive ketones (excluding diaryl/α,β-unsaturated/α-hetero) is 1. The van der Waals surface area contributed by atoms with Crippen molar-refractivity contribution in [3.8, 4) is 17.2 Å². The Balaban J connectivity index is 1.53. The van der Waals surface area contributed by atoms with Gasteiger partial charge < -0.3 is 14.2 Å². The quantitative estimate of drug-likeness (QED) is 0.339. The van der Waals surface area contributed by atoms with Gasteiger partial charge in [-0.25, -0.2) is 4.79 Å². The smallest absolute Gasteiger partial charge is 0.343 e. The molecule has 0 N–H and O–H groups in total. The third-order valence-electron chi connectivity index (χ3n) is 4.32. The predicted octanol–water partition coefficient (Wildman–Crippen LogP) is 5.18. The van der Waals surface area contributed by atoms with Gasteiger partial charge in [-0.2, -0.15) is 0 Å². The molecule has 0 atom stereocenters. The van der Waals surface area contributed by atoms with Crippen LogP contribution < -0.4 is 14.2 Å². The van der Waals surface area contributed by atoms with Crippen LogP contribution in [0.25, 0.3) is 6.08 Å². The van der Waals surface area contributed by atoms with Crippen LogP contribution in [0.3, 0.4) is 0 Å². The minimum Gasteiger partial charge on any atom is -0.497 e. The van der Waals surface area contributed by atoms with E-state index < -0.39 is 5.97 Å². The maximum Gasteiger partial charge on any atom is 0.343 e. The van der Waals surface area contributed by atoms with E-state index in [2.05, 4.69) is 0 Å². The van der Waals surface area contributed by atoms with Crippen LogP contribution in [0.4, 0.5) is 0 Å². The Labute approximate surface area is 172 Å². The standard InChI is InChI=1S/C23H15ClO5/c1-27-17-7-5-15(6-8-17)23(26)28-18-9-10-19-20(13-18)29-21(22(19)25)12-14-3-2-4-16(24)11-14/h2-13H,1H3. The number of esters is 1. The van der Waals surface area contributed by atoms with Crippen LogP contribution >= 0.6 is 11.6 Å². The molecule has 0 saturated heterocycles. The Morgan fingerprint density at radius 1 is 1.00 bits per heavy atom. The first-order valence-electron chi connectivity index (χ1n) is 8.73. The van der Waals surface area contributed by atoms with Gasteiger partial charge in [0.2, 0.25) is 5.78 Å². The molecule has 3 aromatic carbocycles. The molecule has 0 spiro atoms. The van der Waals surface area contributed by atoms with Gasteiger partial charge in [-0.3, -0.25) is 4.79 Å². The maximum atomic E-state index is 12.6. The number of carbonyl (C=O) groups is 2. The zero-order chi connectivity index (χ0) is 20.4. The monoisotopic (exact) mass is 406 g/mol. The van der Waals surface area contributed by atoms with Crippen LogP contribution in [-0.4, -0.2) is 18.9 Å². The van der Waals surface area contributed by atoms with E-state index in [-0.39, 0.29) is 17.3 Å². The Hall–Kier alpha value is -3.57. The summed E-state index contributed by atoms with van der Waals surface area (Å²) < 4.78 is 16.2. The first kappa shape index (κ1) is 18.8. The number of allylic oxidation sites excluding steroid dienone is 1. The van der Waals surface area contributed by atoms with Crippen LogP contribution in [0.2, 0.25) is 5.02 Å². The fourth-order valence-corrected chi connectivity index (χ4v) is 3.07. The number of carbonyl (C=O) groups excluding carboxylic acids is 2. The van der Waals surface area contributed by atoms with Crippen molar-refractivity contribution in [2.45, 2.75) is 0 Å². The third-order valence-corrected chi connectivity index (χ3v) is 4.56. The molecule has 4 rings (SSSR count). The average Bonchev–Trinajstić information content (AvgIpc) is 3.03. The highest BCUT2D eigenvalue weighted by atomic mass is 35.5. The number of benzene rings is 3. The summed E-state index contributed by atoms with van der Waals surface area (Å²) in [5.74, 6) is 0.676. The summed E-state index contributed by atoms with van der Waals surface area (Å²) in [5, 5.41) is 0.565. The molecule has 0 radical (unpaired) electrons. The number of ketones is 1. The topological polar surface area (TPSA) is 61.8 Å². The van der Waals surface area contributed by atoms with Crippen molar-refractivity contribution in [2.75, 3.05) is 7.11 Å². The molecule has 0 saturated carbocycles. The van der Waals surface area contributed by atoms with Gasteiger partial charge in [0.05, 0.1) is 18.2 Å². The molecule has 3 aromatic rings. The van der Waals surface area contributed by atoms with E-state index in [1.807, 2.05) is 6.07 Å². The molecule has 5 nitrogen and oxygen atoms in total. The lowest BCUT2D eigenvalue weighted by atomic mass is 10.1. The number of ether oxygens (including phenoxy) is 3. The molecule has 144 valence electrons. The molecule has 0 unspecified atom stereocenters. The van der Waals surface area contributed by atoms with E-state index in [9.17, 15) is 9.59 Å². The largest absolute Gasteiger partial charge is 0.497 e. The second-order valence-corrected chi connectivity index (χ2v) is 6.71. The van der Waals surface area contributed by atoms with E-state index >= 15 is 0 Å². The highest BCUT2D eigenvalue weighted by molar-refractivity contribution is 6.30.